The van der Waals surface area contributed by atoms with Gasteiger partial charge in [0.2, 0.25) is 0 Å². The molecule has 0 bridgehead atoms. The van der Waals surface area contributed by atoms with Crippen LogP contribution in [0.15, 0.2) is 199 Å². The second-order valence-corrected chi connectivity index (χ2v) is 13.9. The van der Waals surface area contributed by atoms with Crippen LogP contribution >= 0.6 is 0 Å². The van der Waals surface area contributed by atoms with Crippen molar-refractivity contribution in [2.75, 3.05) is 0 Å². The average Bonchev–Trinajstić information content (AvgIpc) is 3.69. The summed E-state index contributed by atoms with van der Waals surface area (Å²) in [4.78, 5) is 15.0. The van der Waals surface area contributed by atoms with Crippen LogP contribution in [-0.4, -0.2) is 15.0 Å². The van der Waals surface area contributed by atoms with Gasteiger partial charge in [-0.3, -0.25) is 0 Å². The second-order valence-electron chi connectivity index (χ2n) is 13.9. The first kappa shape index (κ1) is 33.6. The van der Waals surface area contributed by atoms with Crippen LogP contribution in [-0.2, 0) is 0 Å². The Bertz CT molecular complexity index is 3110. The van der Waals surface area contributed by atoms with Gasteiger partial charge in [0, 0.05) is 33.0 Å². The van der Waals surface area contributed by atoms with E-state index < -0.39 is 0 Å². The molecule has 0 saturated carbocycles. The first-order valence-electron chi connectivity index (χ1n) is 18.8. The van der Waals surface area contributed by atoms with E-state index in [4.69, 9.17) is 19.4 Å². The Kier molecular flexibility index (Phi) is 8.48. The number of benzene rings is 8. The highest BCUT2D eigenvalue weighted by Crippen LogP contribution is 2.43. The van der Waals surface area contributed by atoms with Crippen molar-refractivity contribution in [2.45, 2.75) is 0 Å². The van der Waals surface area contributed by atoms with E-state index in [9.17, 15) is 5.26 Å². The Morgan fingerprint density at radius 2 is 0.860 bits per heavy atom. The molecule has 8 aromatic carbocycles. The van der Waals surface area contributed by atoms with Crippen molar-refractivity contribution in [3.8, 4) is 84.7 Å². The number of fused-ring (bicyclic) bond motifs is 3. The molecule has 0 aliphatic rings. The minimum absolute atomic E-state index is 0.547. The molecule has 0 spiro atoms. The van der Waals surface area contributed by atoms with Gasteiger partial charge in [-0.1, -0.05) is 158 Å². The smallest absolute Gasteiger partial charge is 0.164 e. The second kappa shape index (κ2) is 14.4. The van der Waals surface area contributed by atoms with Crippen LogP contribution in [0.25, 0.3) is 101 Å². The monoisotopic (exact) mass is 728 g/mol. The van der Waals surface area contributed by atoms with Gasteiger partial charge in [-0.05, 0) is 75.3 Å². The van der Waals surface area contributed by atoms with Gasteiger partial charge in [0.15, 0.2) is 17.5 Å². The summed E-state index contributed by atoms with van der Waals surface area (Å²) >= 11 is 0. The highest BCUT2D eigenvalue weighted by atomic mass is 16.3. The van der Waals surface area contributed by atoms with Crippen LogP contribution in [0.3, 0.4) is 0 Å². The van der Waals surface area contributed by atoms with Gasteiger partial charge in [0.1, 0.15) is 11.2 Å². The van der Waals surface area contributed by atoms with Crippen molar-refractivity contribution in [1.82, 2.24) is 15.0 Å². The Morgan fingerprint density at radius 1 is 0.368 bits per heavy atom. The molecule has 5 heteroatoms. The van der Waals surface area contributed by atoms with E-state index in [1.165, 1.54) is 5.56 Å². The molecule has 0 aliphatic heterocycles. The SMILES string of the molecule is N#Cc1cccc(-c2ccc(-c3nc(-c4ccccc4)nc(-c4ccc5c(c4)oc4c(-c6ccccc6)ccc(-c6cccc(-c7ccccc7)c6)c45)n3)cc2)c1. The lowest BCUT2D eigenvalue weighted by atomic mass is 9.93. The van der Waals surface area contributed by atoms with Gasteiger partial charge in [-0.2, -0.15) is 5.26 Å². The van der Waals surface area contributed by atoms with Crippen molar-refractivity contribution in [3.63, 3.8) is 0 Å². The molecule has 0 aliphatic carbocycles. The van der Waals surface area contributed by atoms with Gasteiger partial charge in [0.05, 0.1) is 11.6 Å². The van der Waals surface area contributed by atoms with Crippen LogP contribution in [0.5, 0.6) is 0 Å². The molecule has 0 amide bonds. The summed E-state index contributed by atoms with van der Waals surface area (Å²) in [5.74, 6) is 1.69. The van der Waals surface area contributed by atoms with Gasteiger partial charge in [-0.25, -0.2) is 15.0 Å². The summed E-state index contributed by atoms with van der Waals surface area (Å²) in [6.07, 6.45) is 0. The largest absolute Gasteiger partial charge is 0.455 e. The molecule has 10 rings (SSSR count). The van der Waals surface area contributed by atoms with E-state index in [0.717, 1.165) is 77.6 Å². The normalized spacial score (nSPS) is 11.1. The Hall–Kier alpha value is -7.94. The number of nitriles is 1. The first-order chi connectivity index (χ1) is 28.2. The molecule has 0 fully saturated rings. The van der Waals surface area contributed by atoms with Crippen molar-refractivity contribution < 1.29 is 4.42 Å². The minimum Gasteiger partial charge on any atom is -0.455 e. The zero-order valence-corrected chi connectivity index (χ0v) is 30.7. The predicted molar refractivity (Wildman–Crippen MR) is 230 cm³/mol. The lowest BCUT2D eigenvalue weighted by Crippen LogP contribution is -2.00. The molecule has 0 unspecified atom stereocenters. The number of hydrogen-bond donors (Lipinski definition) is 0. The molecule has 2 heterocycles. The van der Waals surface area contributed by atoms with Gasteiger partial charge < -0.3 is 4.42 Å². The van der Waals surface area contributed by atoms with E-state index in [0.29, 0.717) is 23.0 Å². The topological polar surface area (TPSA) is 75.6 Å². The summed E-state index contributed by atoms with van der Waals surface area (Å²) in [7, 11) is 0. The fraction of sp³-hybridized carbons (Fsp3) is 0. The Labute approximate surface area is 329 Å². The summed E-state index contributed by atoms with van der Waals surface area (Å²) < 4.78 is 6.89. The third-order valence-corrected chi connectivity index (χ3v) is 10.4. The van der Waals surface area contributed by atoms with Crippen LogP contribution in [0.1, 0.15) is 5.56 Å². The standard InChI is InChI=1S/C52H32N4O/c53-33-34-12-10-19-40(30-34)36-22-24-39(25-23-36)51-54-50(38-17-8-3-9-18-38)55-52(56-51)43-26-27-46-47(32-43)57-49-45(37-15-6-2-7-16-37)29-28-44(48(46)49)42-21-11-20-41(31-42)35-13-4-1-5-14-35/h1-32H. The first-order valence-corrected chi connectivity index (χ1v) is 18.8. The lowest BCUT2D eigenvalue weighted by Gasteiger charge is -2.10. The maximum absolute atomic E-state index is 9.42. The maximum Gasteiger partial charge on any atom is 0.164 e. The van der Waals surface area contributed by atoms with Crippen LogP contribution in [0.2, 0.25) is 0 Å². The van der Waals surface area contributed by atoms with E-state index in [1.54, 1.807) is 0 Å². The van der Waals surface area contributed by atoms with E-state index >= 15 is 0 Å². The quantitative estimate of drug-likeness (QED) is 0.163. The molecule has 0 N–H and O–H groups in total. The molecule has 57 heavy (non-hydrogen) atoms. The Balaban J connectivity index is 1.12. The summed E-state index contributed by atoms with van der Waals surface area (Å²) in [6, 6.07) is 68.1. The number of aromatic nitrogens is 3. The van der Waals surface area contributed by atoms with Crippen molar-refractivity contribution in [1.29, 1.82) is 5.26 Å². The zero-order valence-electron chi connectivity index (χ0n) is 30.7. The fourth-order valence-corrected chi connectivity index (χ4v) is 7.53. The van der Waals surface area contributed by atoms with Crippen molar-refractivity contribution >= 4 is 21.9 Å². The number of rotatable bonds is 7. The third-order valence-electron chi connectivity index (χ3n) is 10.4. The number of furan rings is 1. The fourth-order valence-electron chi connectivity index (χ4n) is 7.53. The van der Waals surface area contributed by atoms with Gasteiger partial charge in [-0.15, -0.1) is 0 Å². The molecule has 10 aromatic rings. The lowest BCUT2D eigenvalue weighted by molar-refractivity contribution is 0.670. The summed E-state index contributed by atoms with van der Waals surface area (Å²) in [5.41, 5.74) is 13.4. The highest BCUT2D eigenvalue weighted by molar-refractivity contribution is 6.16. The molecule has 5 nitrogen and oxygen atoms in total. The van der Waals surface area contributed by atoms with E-state index in [-0.39, 0.29) is 0 Å². The van der Waals surface area contributed by atoms with Crippen LogP contribution in [0, 0.1) is 11.3 Å². The highest BCUT2D eigenvalue weighted by Gasteiger charge is 2.20. The molecule has 0 atom stereocenters. The molecule has 2 aromatic heterocycles. The summed E-state index contributed by atoms with van der Waals surface area (Å²) in [5, 5.41) is 11.5. The van der Waals surface area contributed by atoms with E-state index in [2.05, 4.69) is 103 Å². The Morgan fingerprint density at radius 3 is 1.54 bits per heavy atom. The molecular formula is C52H32N4O. The third kappa shape index (κ3) is 6.42. The number of nitrogens with zero attached hydrogens (tertiary/aromatic N) is 4. The van der Waals surface area contributed by atoms with Crippen LogP contribution in [0.4, 0.5) is 0 Å². The van der Waals surface area contributed by atoms with E-state index in [1.807, 2.05) is 97.1 Å². The maximum atomic E-state index is 9.42. The molecule has 0 radical (unpaired) electrons. The van der Waals surface area contributed by atoms with Crippen LogP contribution < -0.4 is 0 Å². The number of hydrogen-bond acceptors (Lipinski definition) is 5. The minimum atomic E-state index is 0.547. The molecule has 266 valence electrons. The van der Waals surface area contributed by atoms with Gasteiger partial charge >= 0.3 is 0 Å². The molecular weight excluding hydrogens is 697 g/mol. The predicted octanol–water partition coefficient (Wildman–Crippen LogP) is 13.3. The van der Waals surface area contributed by atoms with Gasteiger partial charge in [0.25, 0.3) is 0 Å². The van der Waals surface area contributed by atoms with Crippen molar-refractivity contribution in [2.24, 2.45) is 0 Å². The zero-order chi connectivity index (χ0) is 38.1. The van der Waals surface area contributed by atoms with Crippen molar-refractivity contribution in [3.05, 3.63) is 200 Å². The molecule has 0 saturated heterocycles. The summed E-state index contributed by atoms with van der Waals surface area (Å²) in [6.45, 7) is 0. The average molecular weight is 729 g/mol.